The normalized spacial score (nSPS) is 15.4. The third-order valence-electron chi connectivity index (χ3n) is 2.69. The number of hydrogen-bond donors (Lipinski definition) is 0. The smallest absolute Gasteiger partial charge is 0.271 e. The van der Waals surface area contributed by atoms with Crippen molar-refractivity contribution in [2.45, 2.75) is 12.8 Å². The second-order valence-corrected chi connectivity index (χ2v) is 3.99. The summed E-state index contributed by atoms with van der Waals surface area (Å²) in [5.41, 5.74) is -1.30. The number of carbonyl (C=O) groups is 1. The fraction of sp³-hybridized carbons (Fsp3) is 0.364. The Labute approximate surface area is 106 Å². The highest BCUT2D eigenvalue weighted by molar-refractivity contribution is 5.97. The summed E-state index contributed by atoms with van der Waals surface area (Å²) < 4.78 is 26.1. The monoisotopic (exact) mass is 272 g/mol. The highest BCUT2D eigenvalue weighted by Crippen LogP contribution is 2.24. The van der Waals surface area contributed by atoms with Crippen molar-refractivity contribution in [2.75, 3.05) is 13.2 Å². The zero-order valence-corrected chi connectivity index (χ0v) is 9.77. The molecule has 1 aromatic carbocycles. The van der Waals surface area contributed by atoms with Gasteiger partial charge in [-0.3, -0.25) is 19.7 Å². The van der Waals surface area contributed by atoms with E-state index >= 15 is 0 Å². The second kappa shape index (κ2) is 5.27. The fourth-order valence-electron chi connectivity index (χ4n) is 1.75. The zero-order valence-electron chi connectivity index (χ0n) is 9.77. The molecule has 1 aromatic rings. The first-order chi connectivity index (χ1) is 9.00. The lowest BCUT2D eigenvalue weighted by Crippen LogP contribution is -2.36. The molecule has 0 unspecified atom stereocenters. The Bertz CT molecular complexity index is 530. The van der Waals surface area contributed by atoms with Gasteiger partial charge >= 0.3 is 0 Å². The summed E-state index contributed by atoms with van der Waals surface area (Å²) in [5, 5.41) is 11.7. The molecule has 0 aromatic heterocycles. The molecule has 1 heterocycles. The molecule has 0 bridgehead atoms. The second-order valence-electron chi connectivity index (χ2n) is 3.99. The Morgan fingerprint density at radius 1 is 1.32 bits per heavy atom. The maximum absolute atomic E-state index is 13.1. The number of halogens is 2. The zero-order chi connectivity index (χ0) is 14.0. The van der Waals surface area contributed by atoms with Gasteiger partial charge in [0.05, 0.1) is 17.6 Å². The van der Waals surface area contributed by atoms with Crippen molar-refractivity contribution in [3.63, 3.8) is 0 Å². The third kappa shape index (κ3) is 2.68. The van der Waals surface area contributed by atoms with Crippen molar-refractivity contribution in [2.24, 2.45) is 0 Å². The largest absolute Gasteiger partial charge is 0.285 e. The maximum Gasteiger partial charge on any atom is 0.285 e. The van der Waals surface area contributed by atoms with E-state index in [0.717, 1.165) is 11.5 Å². The molecule has 0 aliphatic carbocycles. The summed E-state index contributed by atoms with van der Waals surface area (Å²) in [5.74, 6) is -3.53. The molecule has 1 amide bonds. The highest BCUT2D eigenvalue weighted by atomic mass is 19.2. The van der Waals surface area contributed by atoms with E-state index < -0.39 is 33.7 Å². The molecule has 6 nitrogen and oxygen atoms in total. The van der Waals surface area contributed by atoms with Crippen molar-refractivity contribution < 1.29 is 23.3 Å². The molecule has 2 rings (SSSR count). The van der Waals surface area contributed by atoms with Gasteiger partial charge < -0.3 is 0 Å². The standard InChI is InChI=1S/C11H10F2N2O4/c12-8-5-7(10(15(17)18)6-9(8)13)11(16)14-3-1-2-4-19-14/h5-6H,1-4H2. The van der Waals surface area contributed by atoms with Gasteiger partial charge in [0.25, 0.3) is 11.6 Å². The predicted molar refractivity (Wildman–Crippen MR) is 59.2 cm³/mol. The molecule has 1 saturated heterocycles. The first kappa shape index (κ1) is 13.3. The quantitative estimate of drug-likeness (QED) is 0.610. The summed E-state index contributed by atoms with van der Waals surface area (Å²) in [6.45, 7) is 0.568. The molecule has 102 valence electrons. The van der Waals surface area contributed by atoms with E-state index in [1.807, 2.05) is 0 Å². The van der Waals surface area contributed by atoms with Crippen LogP contribution in [0.25, 0.3) is 0 Å². The van der Waals surface area contributed by atoms with E-state index in [2.05, 4.69) is 0 Å². The van der Waals surface area contributed by atoms with Crippen LogP contribution in [0.15, 0.2) is 12.1 Å². The van der Waals surface area contributed by atoms with Gasteiger partial charge in [-0.1, -0.05) is 0 Å². The van der Waals surface area contributed by atoms with Crippen LogP contribution < -0.4 is 0 Å². The predicted octanol–water partition coefficient (Wildman–Crippen LogP) is 2.04. The first-order valence-corrected chi connectivity index (χ1v) is 5.59. The molecular weight excluding hydrogens is 262 g/mol. The van der Waals surface area contributed by atoms with Crippen molar-refractivity contribution in [3.8, 4) is 0 Å². The average Bonchev–Trinajstić information content (AvgIpc) is 2.41. The van der Waals surface area contributed by atoms with Crippen LogP contribution in [0.5, 0.6) is 0 Å². The van der Waals surface area contributed by atoms with Crippen molar-refractivity contribution >= 4 is 11.6 Å². The number of hydroxylamine groups is 2. The molecular formula is C11H10F2N2O4. The first-order valence-electron chi connectivity index (χ1n) is 5.59. The van der Waals surface area contributed by atoms with Crippen LogP contribution >= 0.6 is 0 Å². The molecule has 0 atom stereocenters. The highest BCUT2D eigenvalue weighted by Gasteiger charge is 2.29. The molecule has 8 heteroatoms. The third-order valence-corrected chi connectivity index (χ3v) is 2.69. The summed E-state index contributed by atoms with van der Waals surface area (Å²) in [4.78, 5) is 26.9. The Morgan fingerprint density at radius 2 is 2.00 bits per heavy atom. The molecule has 0 radical (unpaired) electrons. The molecule has 1 fully saturated rings. The van der Waals surface area contributed by atoms with E-state index in [9.17, 15) is 23.7 Å². The number of rotatable bonds is 2. The number of nitrogens with zero attached hydrogens (tertiary/aromatic N) is 2. The number of nitro groups is 1. The molecule has 19 heavy (non-hydrogen) atoms. The van der Waals surface area contributed by atoms with Crippen LogP contribution in [-0.2, 0) is 4.84 Å². The maximum atomic E-state index is 13.1. The molecule has 0 saturated carbocycles. The van der Waals surface area contributed by atoms with Crippen molar-refractivity contribution in [3.05, 3.63) is 39.4 Å². The molecule has 1 aliphatic heterocycles. The Morgan fingerprint density at radius 3 is 2.58 bits per heavy atom. The van der Waals surface area contributed by atoms with Gasteiger partial charge in [-0.05, 0) is 18.9 Å². The Hall–Kier alpha value is -2.09. The van der Waals surface area contributed by atoms with Gasteiger partial charge in [0.2, 0.25) is 0 Å². The van der Waals surface area contributed by atoms with Gasteiger partial charge in [-0.25, -0.2) is 13.8 Å². The van der Waals surface area contributed by atoms with Crippen LogP contribution in [0, 0.1) is 21.7 Å². The molecule has 1 aliphatic rings. The SMILES string of the molecule is O=C(c1cc(F)c(F)cc1[N+](=O)[O-])N1CCCCO1. The van der Waals surface area contributed by atoms with Gasteiger partial charge in [0.15, 0.2) is 11.6 Å². The number of hydrogen-bond acceptors (Lipinski definition) is 4. The van der Waals surface area contributed by atoms with Crippen LogP contribution in [0.1, 0.15) is 23.2 Å². The van der Waals surface area contributed by atoms with E-state index in [4.69, 9.17) is 4.84 Å². The van der Waals surface area contributed by atoms with Gasteiger partial charge in [0, 0.05) is 6.54 Å². The van der Waals surface area contributed by atoms with Crippen LogP contribution in [0.2, 0.25) is 0 Å². The van der Waals surface area contributed by atoms with Crippen LogP contribution in [0.4, 0.5) is 14.5 Å². The summed E-state index contributed by atoms with van der Waals surface area (Å²) in [7, 11) is 0. The fourth-order valence-corrected chi connectivity index (χ4v) is 1.75. The minimum atomic E-state index is -1.37. The average molecular weight is 272 g/mol. The van der Waals surface area contributed by atoms with Crippen LogP contribution in [0.3, 0.4) is 0 Å². The minimum absolute atomic E-state index is 0.259. The number of amides is 1. The lowest BCUT2D eigenvalue weighted by atomic mass is 10.1. The van der Waals surface area contributed by atoms with Gasteiger partial charge in [-0.2, -0.15) is 0 Å². The van der Waals surface area contributed by atoms with E-state index in [0.29, 0.717) is 25.2 Å². The number of nitro benzene ring substituents is 1. The lowest BCUT2D eigenvalue weighted by Gasteiger charge is -2.25. The summed E-state index contributed by atoms with van der Waals surface area (Å²) >= 11 is 0. The van der Waals surface area contributed by atoms with Crippen molar-refractivity contribution in [1.29, 1.82) is 0 Å². The van der Waals surface area contributed by atoms with Gasteiger partial charge in [0.1, 0.15) is 5.56 Å². The number of carbonyl (C=O) groups excluding carboxylic acids is 1. The lowest BCUT2D eigenvalue weighted by molar-refractivity contribution is -0.385. The van der Waals surface area contributed by atoms with E-state index in [1.165, 1.54) is 0 Å². The van der Waals surface area contributed by atoms with Crippen molar-refractivity contribution in [1.82, 2.24) is 5.06 Å². The minimum Gasteiger partial charge on any atom is -0.271 e. The van der Waals surface area contributed by atoms with E-state index in [1.54, 1.807) is 0 Å². The van der Waals surface area contributed by atoms with Gasteiger partial charge in [-0.15, -0.1) is 0 Å². The summed E-state index contributed by atoms with van der Waals surface area (Å²) in [6, 6.07) is 0.917. The Balaban J connectivity index is 2.39. The molecule has 0 N–H and O–H groups in total. The Kier molecular flexibility index (Phi) is 3.70. The molecule has 0 spiro atoms. The van der Waals surface area contributed by atoms with Crippen LogP contribution in [-0.4, -0.2) is 29.0 Å². The topological polar surface area (TPSA) is 72.7 Å². The van der Waals surface area contributed by atoms with E-state index in [-0.39, 0.29) is 6.54 Å². The number of benzene rings is 1. The summed E-state index contributed by atoms with van der Waals surface area (Å²) in [6.07, 6.45) is 1.45.